The first-order valence-corrected chi connectivity index (χ1v) is 12.2. The molecule has 10 heteroatoms. The SMILES string of the molecule is [B]C([B])([B])n1cc(C=C2CCN(C(=O)OCc3ccccc3)CC2)c2cc(-c3c(C)noc3C)cnc21. The molecular weight excluding hydrogens is 461 g/mol. The Morgan fingerprint density at radius 1 is 1.16 bits per heavy atom. The van der Waals surface area contributed by atoms with Gasteiger partial charge in [-0.2, -0.15) is 0 Å². The van der Waals surface area contributed by atoms with E-state index in [1.165, 1.54) is 5.57 Å². The van der Waals surface area contributed by atoms with Gasteiger partial charge in [0.05, 0.1) is 29.2 Å². The third-order valence-electron chi connectivity index (χ3n) is 6.64. The number of nitrogens with zero attached hydrogens (tertiary/aromatic N) is 4. The van der Waals surface area contributed by atoms with Gasteiger partial charge in [-0.25, -0.2) is 9.78 Å². The number of pyridine rings is 1. The average molecular weight is 486 g/mol. The highest BCUT2D eigenvalue weighted by molar-refractivity contribution is 6.56. The molecule has 4 heterocycles. The molecule has 1 amide bonds. The molecule has 0 spiro atoms. The summed E-state index contributed by atoms with van der Waals surface area (Å²) in [7, 11) is 18.1. The topological polar surface area (TPSA) is 73.4 Å². The Kier molecular flexibility index (Phi) is 6.75. The molecular formula is C27H25B3N4O3. The lowest BCUT2D eigenvalue weighted by Crippen LogP contribution is -2.36. The van der Waals surface area contributed by atoms with Crippen LogP contribution in [0, 0.1) is 13.8 Å². The van der Waals surface area contributed by atoms with E-state index in [2.05, 4.69) is 16.2 Å². The number of rotatable bonds is 5. The summed E-state index contributed by atoms with van der Waals surface area (Å²) in [6.07, 6.45) is 6.82. The van der Waals surface area contributed by atoms with Gasteiger partial charge in [0.15, 0.2) is 0 Å². The summed E-state index contributed by atoms with van der Waals surface area (Å²) in [4.78, 5) is 18.9. The lowest BCUT2D eigenvalue weighted by atomic mass is 9.49. The highest BCUT2D eigenvalue weighted by atomic mass is 16.6. The standard InChI is InChI=1S/C27H25B3N4O3/c1-17-24(18(2)37-32-17)21-13-23-22(15-34(27(28,29)30)25(23)31-14-21)12-19-8-10-33(11-9-19)26(35)36-16-20-6-4-3-5-7-20/h3-7,12-15H,8-11,16H2,1-2H3. The number of ether oxygens (including phenoxy) is 1. The lowest BCUT2D eigenvalue weighted by Gasteiger charge is -2.27. The predicted molar refractivity (Wildman–Crippen MR) is 145 cm³/mol. The van der Waals surface area contributed by atoms with E-state index >= 15 is 0 Å². The Balaban J connectivity index is 1.37. The molecule has 0 bridgehead atoms. The van der Waals surface area contributed by atoms with Crippen LogP contribution in [0.2, 0.25) is 0 Å². The zero-order valence-corrected chi connectivity index (χ0v) is 21.0. The van der Waals surface area contributed by atoms with E-state index in [9.17, 15) is 4.79 Å². The summed E-state index contributed by atoms with van der Waals surface area (Å²) in [5.41, 5.74) is 6.22. The van der Waals surface area contributed by atoms with Gasteiger partial charge in [-0.1, -0.05) is 52.4 Å². The molecule has 1 fully saturated rings. The van der Waals surface area contributed by atoms with Crippen LogP contribution in [0.4, 0.5) is 4.79 Å². The molecule has 6 radical (unpaired) electrons. The summed E-state index contributed by atoms with van der Waals surface area (Å²) in [6, 6.07) is 11.7. The number of aryl methyl sites for hydroxylation is 2. The minimum atomic E-state index is -1.61. The smallest absolute Gasteiger partial charge is 0.410 e. The maximum absolute atomic E-state index is 12.5. The van der Waals surface area contributed by atoms with E-state index in [4.69, 9.17) is 32.8 Å². The van der Waals surface area contributed by atoms with Crippen molar-refractivity contribution >= 4 is 46.7 Å². The van der Waals surface area contributed by atoms with E-state index in [0.29, 0.717) is 18.7 Å². The van der Waals surface area contributed by atoms with Crippen molar-refractivity contribution in [3.8, 4) is 11.1 Å². The average Bonchev–Trinajstić information content (AvgIpc) is 3.42. The molecule has 1 aliphatic heterocycles. The van der Waals surface area contributed by atoms with Crippen LogP contribution in [0.1, 0.15) is 35.4 Å². The Morgan fingerprint density at radius 2 is 1.89 bits per heavy atom. The molecule has 0 N–H and O–H groups in total. The number of amides is 1. The van der Waals surface area contributed by atoms with Gasteiger partial charge in [0.25, 0.3) is 0 Å². The molecule has 4 aromatic rings. The lowest BCUT2D eigenvalue weighted by molar-refractivity contribution is 0.0936. The van der Waals surface area contributed by atoms with E-state index in [0.717, 1.165) is 51.9 Å². The monoisotopic (exact) mass is 486 g/mol. The highest BCUT2D eigenvalue weighted by Gasteiger charge is 2.23. The second kappa shape index (κ2) is 10.00. The van der Waals surface area contributed by atoms with Gasteiger partial charge < -0.3 is 18.7 Å². The molecule has 0 aliphatic carbocycles. The fraction of sp³-hybridized carbons (Fsp3) is 0.296. The summed E-state index contributed by atoms with van der Waals surface area (Å²) in [5, 5.41) is 3.31. The Morgan fingerprint density at radius 3 is 2.54 bits per heavy atom. The second-order valence-corrected chi connectivity index (χ2v) is 9.47. The van der Waals surface area contributed by atoms with Gasteiger partial charge >= 0.3 is 6.09 Å². The third kappa shape index (κ3) is 5.24. The predicted octanol–water partition coefficient (Wildman–Crippen LogP) is 4.20. The Labute approximate surface area is 220 Å². The van der Waals surface area contributed by atoms with E-state index in [1.54, 1.807) is 15.7 Å². The van der Waals surface area contributed by atoms with Crippen molar-refractivity contribution in [3.63, 3.8) is 0 Å². The Hall–Kier alpha value is -3.68. The number of piperidine rings is 1. The van der Waals surface area contributed by atoms with Crippen molar-refractivity contribution in [1.82, 2.24) is 19.6 Å². The van der Waals surface area contributed by atoms with E-state index in [1.807, 2.05) is 56.4 Å². The number of hydrogen-bond donors (Lipinski definition) is 0. The van der Waals surface area contributed by atoms with Gasteiger partial charge in [0.1, 0.15) is 18.0 Å². The maximum atomic E-state index is 12.5. The van der Waals surface area contributed by atoms with Gasteiger partial charge in [-0.3, -0.25) is 0 Å². The largest absolute Gasteiger partial charge is 0.445 e. The molecule has 3 aromatic heterocycles. The number of carbonyl (C=O) groups excluding carboxylic acids is 1. The van der Waals surface area contributed by atoms with Crippen LogP contribution in [-0.2, 0) is 16.6 Å². The van der Waals surface area contributed by atoms with Crippen LogP contribution in [-0.4, -0.2) is 62.3 Å². The fourth-order valence-electron chi connectivity index (χ4n) is 4.73. The highest BCUT2D eigenvalue weighted by Crippen LogP contribution is 2.33. The van der Waals surface area contributed by atoms with E-state index in [-0.39, 0.29) is 12.7 Å². The van der Waals surface area contributed by atoms with Crippen molar-refractivity contribution in [3.05, 3.63) is 76.9 Å². The van der Waals surface area contributed by atoms with Gasteiger partial charge in [-0.05, 0) is 38.3 Å². The molecule has 37 heavy (non-hydrogen) atoms. The number of aromatic nitrogens is 3. The second-order valence-electron chi connectivity index (χ2n) is 9.47. The number of carbonyl (C=O) groups is 1. The summed E-state index contributed by atoms with van der Waals surface area (Å²) < 4.78 is 12.4. The van der Waals surface area contributed by atoms with E-state index < -0.39 is 5.24 Å². The molecule has 7 nitrogen and oxygen atoms in total. The number of benzene rings is 1. The van der Waals surface area contributed by atoms with Crippen LogP contribution in [0.15, 0.2) is 58.9 Å². The first-order valence-electron chi connectivity index (χ1n) is 12.2. The van der Waals surface area contributed by atoms with Crippen LogP contribution in [0.3, 0.4) is 0 Å². The van der Waals surface area contributed by atoms with Gasteiger partial charge in [0.2, 0.25) is 0 Å². The van der Waals surface area contributed by atoms with Gasteiger partial charge in [0, 0.05) is 47.6 Å². The zero-order chi connectivity index (χ0) is 26.2. The number of hydrogen-bond acceptors (Lipinski definition) is 5. The molecule has 1 saturated heterocycles. The van der Waals surface area contributed by atoms with Crippen molar-refractivity contribution in [1.29, 1.82) is 0 Å². The number of fused-ring (bicyclic) bond motifs is 1. The van der Waals surface area contributed by atoms with Crippen molar-refractivity contribution < 1.29 is 14.1 Å². The molecule has 180 valence electrons. The molecule has 1 aromatic carbocycles. The van der Waals surface area contributed by atoms with Crippen molar-refractivity contribution in [2.45, 2.75) is 38.5 Å². The molecule has 1 aliphatic rings. The van der Waals surface area contributed by atoms with Crippen LogP contribution in [0.5, 0.6) is 0 Å². The van der Waals surface area contributed by atoms with Crippen molar-refractivity contribution in [2.75, 3.05) is 13.1 Å². The molecule has 5 rings (SSSR count). The fourth-order valence-corrected chi connectivity index (χ4v) is 4.73. The molecule has 0 saturated carbocycles. The quantitative estimate of drug-likeness (QED) is 0.396. The minimum absolute atomic E-state index is 0.262. The summed E-state index contributed by atoms with van der Waals surface area (Å²) >= 11 is 0. The first kappa shape index (κ1) is 25.0. The third-order valence-corrected chi connectivity index (χ3v) is 6.64. The number of likely N-dealkylation sites (tertiary alicyclic amines) is 1. The maximum Gasteiger partial charge on any atom is 0.410 e. The van der Waals surface area contributed by atoms with Gasteiger partial charge in [-0.15, -0.1) is 0 Å². The van der Waals surface area contributed by atoms with Crippen molar-refractivity contribution in [2.24, 2.45) is 0 Å². The molecule has 0 atom stereocenters. The van der Waals surface area contributed by atoms with Crippen LogP contribution in [0.25, 0.3) is 28.2 Å². The summed E-state index contributed by atoms with van der Waals surface area (Å²) in [6.45, 7) is 5.19. The Bertz CT molecular complexity index is 1440. The zero-order valence-electron chi connectivity index (χ0n) is 21.0. The van der Waals surface area contributed by atoms with Crippen LogP contribution >= 0.6 is 0 Å². The summed E-state index contributed by atoms with van der Waals surface area (Å²) in [5.74, 6) is 0.718. The molecule has 0 unspecified atom stereocenters. The van der Waals surface area contributed by atoms with Crippen LogP contribution < -0.4 is 0 Å². The minimum Gasteiger partial charge on any atom is -0.445 e. The normalized spacial score (nSPS) is 14.2. The first-order chi connectivity index (χ1) is 17.7.